The van der Waals surface area contributed by atoms with Crippen molar-refractivity contribution in [2.24, 2.45) is 0 Å². The van der Waals surface area contributed by atoms with Gasteiger partial charge in [-0.05, 0) is 42.5 Å². The smallest absolute Gasteiger partial charge is 0.244 e. The van der Waals surface area contributed by atoms with Crippen LogP contribution in [0.1, 0.15) is 5.82 Å². The van der Waals surface area contributed by atoms with Crippen LogP contribution < -0.4 is 10.1 Å². The van der Waals surface area contributed by atoms with E-state index >= 15 is 0 Å². The van der Waals surface area contributed by atoms with Crippen molar-refractivity contribution in [1.82, 2.24) is 9.55 Å². The third-order valence-electron chi connectivity index (χ3n) is 4.35. The lowest BCUT2D eigenvalue weighted by Gasteiger charge is -2.11. The maximum absolute atomic E-state index is 14.0. The highest BCUT2D eigenvalue weighted by Gasteiger charge is 2.15. The number of hydrogen-bond acceptors (Lipinski definition) is 3. The van der Waals surface area contributed by atoms with Crippen LogP contribution in [0.2, 0.25) is 0 Å². The molecule has 1 N–H and O–H groups in total. The first-order valence-electron chi connectivity index (χ1n) is 8.97. The number of fused-ring (bicyclic) bond motifs is 1. The second-order valence-electron chi connectivity index (χ2n) is 6.38. The van der Waals surface area contributed by atoms with Crippen molar-refractivity contribution in [3.05, 3.63) is 88.9 Å². The number of halogens is 2. The van der Waals surface area contributed by atoms with Crippen LogP contribution in [-0.2, 0) is 17.9 Å². The standard InChI is InChI=1S/C22H17BrFN3O2/c23-15-10-11-18(17(24)12-15)26-22(28)13-27-20-9-5-4-8-19(20)25-21(27)14-29-16-6-2-1-3-7-16/h1-12H,13-14H2,(H,26,28). The first kappa shape index (κ1) is 19.1. The number of imidazole rings is 1. The summed E-state index contributed by atoms with van der Waals surface area (Å²) < 4.78 is 22.2. The van der Waals surface area contributed by atoms with Gasteiger partial charge in [0.25, 0.3) is 0 Å². The van der Waals surface area contributed by atoms with Gasteiger partial charge >= 0.3 is 0 Å². The maximum Gasteiger partial charge on any atom is 0.244 e. The van der Waals surface area contributed by atoms with Gasteiger partial charge in [0.1, 0.15) is 30.5 Å². The van der Waals surface area contributed by atoms with Gasteiger partial charge in [0.2, 0.25) is 5.91 Å². The van der Waals surface area contributed by atoms with E-state index in [0.717, 1.165) is 11.0 Å². The third kappa shape index (κ3) is 4.46. The number of carbonyl (C=O) groups is 1. The molecule has 0 radical (unpaired) electrons. The minimum absolute atomic E-state index is 0.0104. The Bertz CT molecular complexity index is 1160. The molecule has 4 aromatic rings. The minimum atomic E-state index is -0.504. The molecular weight excluding hydrogens is 437 g/mol. The number of para-hydroxylation sites is 3. The van der Waals surface area contributed by atoms with Crippen LogP contribution in [0.15, 0.2) is 77.3 Å². The molecule has 4 rings (SSSR count). The summed E-state index contributed by atoms with van der Waals surface area (Å²) in [5.41, 5.74) is 1.71. The van der Waals surface area contributed by atoms with Crippen molar-refractivity contribution < 1.29 is 13.9 Å². The third-order valence-corrected chi connectivity index (χ3v) is 4.84. The molecule has 0 atom stereocenters. The molecule has 1 heterocycles. The first-order valence-corrected chi connectivity index (χ1v) is 9.76. The average Bonchev–Trinajstić information content (AvgIpc) is 3.07. The summed E-state index contributed by atoms with van der Waals surface area (Å²) in [6.07, 6.45) is 0. The van der Waals surface area contributed by atoms with Crippen molar-refractivity contribution in [1.29, 1.82) is 0 Å². The van der Waals surface area contributed by atoms with Crippen LogP contribution in [0.25, 0.3) is 11.0 Å². The van der Waals surface area contributed by atoms with E-state index in [9.17, 15) is 9.18 Å². The quantitative estimate of drug-likeness (QED) is 0.438. The zero-order chi connectivity index (χ0) is 20.2. The zero-order valence-electron chi connectivity index (χ0n) is 15.3. The normalized spacial score (nSPS) is 10.8. The highest BCUT2D eigenvalue weighted by molar-refractivity contribution is 9.10. The van der Waals surface area contributed by atoms with Crippen LogP contribution in [0.4, 0.5) is 10.1 Å². The minimum Gasteiger partial charge on any atom is -0.486 e. The molecule has 7 heteroatoms. The van der Waals surface area contributed by atoms with E-state index in [2.05, 4.69) is 26.2 Å². The topological polar surface area (TPSA) is 56.2 Å². The molecule has 0 aliphatic carbocycles. The number of anilines is 1. The van der Waals surface area contributed by atoms with Gasteiger partial charge in [0.15, 0.2) is 0 Å². The molecule has 5 nitrogen and oxygen atoms in total. The molecule has 0 unspecified atom stereocenters. The van der Waals surface area contributed by atoms with E-state index in [1.54, 1.807) is 10.6 Å². The second kappa shape index (κ2) is 8.45. The Hall–Kier alpha value is -3.19. The van der Waals surface area contributed by atoms with Gasteiger partial charge in [-0.15, -0.1) is 0 Å². The van der Waals surface area contributed by atoms with E-state index in [-0.39, 0.29) is 24.7 Å². The van der Waals surface area contributed by atoms with Gasteiger partial charge in [-0.25, -0.2) is 9.37 Å². The summed E-state index contributed by atoms with van der Waals surface area (Å²) in [6, 6.07) is 21.4. The number of nitrogens with one attached hydrogen (secondary N) is 1. The van der Waals surface area contributed by atoms with Crippen molar-refractivity contribution in [2.45, 2.75) is 13.2 Å². The van der Waals surface area contributed by atoms with E-state index in [1.807, 2.05) is 54.6 Å². The van der Waals surface area contributed by atoms with E-state index in [0.29, 0.717) is 16.0 Å². The highest BCUT2D eigenvalue weighted by atomic mass is 79.9. The molecule has 0 aliphatic heterocycles. The summed E-state index contributed by atoms with van der Waals surface area (Å²) in [5, 5.41) is 2.62. The second-order valence-corrected chi connectivity index (χ2v) is 7.29. The molecule has 146 valence electrons. The monoisotopic (exact) mass is 453 g/mol. The van der Waals surface area contributed by atoms with Crippen molar-refractivity contribution in [3.63, 3.8) is 0 Å². The fraction of sp³-hybridized carbons (Fsp3) is 0.0909. The van der Waals surface area contributed by atoms with Gasteiger partial charge in [-0.1, -0.05) is 46.3 Å². The summed E-state index contributed by atoms with van der Waals surface area (Å²) in [4.78, 5) is 17.2. The van der Waals surface area contributed by atoms with Gasteiger partial charge in [-0.3, -0.25) is 4.79 Å². The number of aromatic nitrogens is 2. The molecule has 0 saturated carbocycles. The van der Waals surface area contributed by atoms with Crippen molar-refractivity contribution in [2.75, 3.05) is 5.32 Å². The van der Waals surface area contributed by atoms with Gasteiger partial charge < -0.3 is 14.6 Å². The lowest BCUT2D eigenvalue weighted by molar-refractivity contribution is -0.116. The van der Waals surface area contributed by atoms with Crippen LogP contribution >= 0.6 is 15.9 Å². The number of hydrogen-bond donors (Lipinski definition) is 1. The number of nitrogens with zero attached hydrogens (tertiary/aromatic N) is 2. The molecular formula is C22H17BrFN3O2. The van der Waals surface area contributed by atoms with Gasteiger partial charge in [-0.2, -0.15) is 0 Å². The number of carbonyl (C=O) groups excluding carboxylic acids is 1. The lowest BCUT2D eigenvalue weighted by Crippen LogP contribution is -2.21. The molecule has 0 saturated heterocycles. The van der Waals surface area contributed by atoms with Gasteiger partial charge in [0.05, 0.1) is 16.7 Å². The van der Waals surface area contributed by atoms with Crippen LogP contribution in [-0.4, -0.2) is 15.5 Å². The van der Waals surface area contributed by atoms with Gasteiger partial charge in [0, 0.05) is 4.47 Å². The van der Waals surface area contributed by atoms with Crippen molar-refractivity contribution >= 4 is 38.6 Å². The molecule has 0 spiro atoms. The predicted molar refractivity (Wildman–Crippen MR) is 113 cm³/mol. The highest BCUT2D eigenvalue weighted by Crippen LogP contribution is 2.21. The molecule has 0 bridgehead atoms. The Morgan fingerprint density at radius 2 is 1.83 bits per heavy atom. The summed E-state index contributed by atoms with van der Waals surface area (Å²) in [6.45, 7) is 0.197. The fourth-order valence-electron chi connectivity index (χ4n) is 3.00. The molecule has 0 aliphatic rings. The molecule has 1 aromatic heterocycles. The molecule has 0 fully saturated rings. The maximum atomic E-state index is 14.0. The predicted octanol–water partition coefficient (Wildman–Crippen LogP) is 5.16. The van der Waals surface area contributed by atoms with Crippen LogP contribution in [0, 0.1) is 5.82 Å². The Balaban J connectivity index is 1.57. The molecule has 1 amide bonds. The first-order chi connectivity index (χ1) is 14.1. The Labute approximate surface area is 175 Å². The fourth-order valence-corrected chi connectivity index (χ4v) is 3.33. The van der Waals surface area contributed by atoms with Crippen LogP contribution in [0.5, 0.6) is 5.75 Å². The van der Waals surface area contributed by atoms with Crippen LogP contribution in [0.3, 0.4) is 0 Å². The zero-order valence-corrected chi connectivity index (χ0v) is 16.9. The Morgan fingerprint density at radius 1 is 1.07 bits per heavy atom. The number of amides is 1. The Kier molecular flexibility index (Phi) is 5.57. The number of ether oxygens (including phenoxy) is 1. The number of rotatable bonds is 6. The SMILES string of the molecule is O=C(Cn1c(COc2ccccc2)nc2ccccc21)Nc1ccc(Br)cc1F. The van der Waals surface area contributed by atoms with E-state index < -0.39 is 5.82 Å². The largest absolute Gasteiger partial charge is 0.486 e. The van der Waals surface area contributed by atoms with Crippen molar-refractivity contribution in [3.8, 4) is 5.75 Å². The molecule has 3 aromatic carbocycles. The Morgan fingerprint density at radius 3 is 2.62 bits per heavy atom. The summed E-state index contributed by atoms with van der Waals surface area (Å²) >= 11 is 3.21. The molecule has 29 heavy (non-hydrogen) atoms. The van der Waals surface area contributed by atoms with E-state index in [4.69, 9.17) is 4.74 Å². The number of benzene rings is 3. The average molecular weight is 454 g/mol. The summed E-state index contributed by atoms with van der Waals surface area (Å²) in [7, 11) is 0. The lowest BCUT2D eigenvalue weighted by atomic mass is 10.3. The summed E-state index contributed by atoms with van der Waals surface area (Å²) in [5.74, 6) is 0.472. The van der Waals surface area contributed by atoms with E-state index in [1.165, 1.54) is 12.1 Å².